The molecular formula is C26H30N2O3. The molecule has 0 radical (unpaired) electrons. The van der Waals surface area contributed by atoms with Gasteiger partial charge in [0.2, 0.25) is 0 Å². The summed E-state index contributed by atoms with van der Waals surface area (Å²) in [6, 6.07) is 13.3. The van der Waals surface area contributed by atoms with Crippen molar-refractivity contribution in [2.75, 3.05) is 23.3 Å². The molecule has 1 spiro atoms. The maximum Gasteiger partial charge on any atom is 0.200 e. The van der Waals surface area contributed by atoms with Gasteiger partial charge < -0.3 is 19.7 Å². The first-order chi connectivity index (χ1) is 15.0. The number of anilines is 2. The fourth-order valence-electron chi connectivity index (χ4n) is 4.89. The van der Waals surface area contributed by atoms with E-state index >= 15 is 0 Å². The van der Waals surface area contributed by atoms with Crippen LogP contribution in [-0.4, -0.2) is 18.2 Å². The molecule has 1 aromatic heterocycles. The van der Waals surface area contributed by atoms with Gasteiger partial charge in [-0.2, -0.15) is 0 Å². The molecule has 2 aliphatic rings. The van der Waals surface area contributed by atoms with E-state index in [0.717, 1.165) is 35.5 Å². The maximum atomic E-state index is 13.0. The average molecular weight is 419 g/mol. The number of rotatable bonds is 5. The molecule has 1 unspecified atom stereocenters. The first-order valence-electron chi connectivity index (χ1n) is 11.3. The minimum absolute atomic E-state index is 0.0101. The molecule has 2 aromatic carbocycles. The van der Waals surface area contributed by atoms with Crippen molar-refractivity contribution in [2.45, 2.75) is 52.2 Å². The SMILES string of the molecule is Cc1cc(C(C)Nc2ccccc2CO)c2oc(N3CCC4(CC3)CC4)cc(=O)c2c1. The lowest BCUT2D eigenvalue weighted by molar-refractivity contribution is 0.282. The van der Waals surface area contributed by atoms with Gasteiger partial charge in [-0.15, -0.1) is 0 Å². The first-order valence-corrected chi connectivity index (χ1v) is 11.3. The predicted molar refractivity (Wildman–Crippen MR) is 125 cm³/mol. The van der Waals surface area contributed by atoms with E-state index in [1.165, 1.54) is 25.7 Å². The highest BCUT2D eigenvalue weighted by atomic mass is 16.4. The molecule has 162 valence electrons. The van der Waals surface area contributed by atoms with Crippen LogP contribution in [0.3, 0.4) is 0 Å². The van der Waals surface area contributed by atoms with Crippen molar-refractivity contribution in [1.82, 2.24) is 0 Å². The van der Waals surface area contributed by atoms with Crippen molar-refractivity contribution >= 4 is 22.5 Å². The molecule has 1 saturated heterocycles. The molecule has 1 saturated carbocycles. The Kier molecular flexibility index (Phi) is 5.01. The lowest BCUT2D eigenvalue weighted by Crippen LogP contribution is -2.34. The van der Waals surface area contributed by atoms with Crippen LogP contribution in [0.4, 0.5) is 11.6 Å². The van der Waals surface area contributed by atoms with E-state index in [2.05, 4.69) is 23.2 Å². The molecule has 3 aromatic rings. The van der Waals surface area contributed by atoms with Gasteiger partial charge in [-0.05, 0) is 62.6 Å². The van der Waals surface area contributed by atoms with E-state index in [1.807, 2.05) is 37.3 Å². The summed E-state index contributed by atoms with van der Waals surface area (Å²) in [5, 5.41) is 13.8. The van der Waals surface area contributed by atoms with Crippen LogP contribution in [0.5, 0.6) is 0 Å². The van der Waals surface area contributed by atoms with Gasteiger partial charge >= 0.3 is 0 Å². The van der Waals surface area contributed by atoms with Crippen molar-refractivity contribution in [2.24, 2.45) is 5.41 Å². The summed E-state index contributed by atoms with van der Waals surface area (Å²) in [5.74, 6) is 0.682. The molecule has 2 heterocycles. The number of nitrogens with zero attached hydrogens (tertiary/aromatic N) is 1. The summed E-state index contributed by atoms with van der Waals surface area (Å²) in [6.45, 7) is 5.94. The zero-order chi connectivity index (χ0) is 21.6. The fourth-order valence-corrected chi connectivity index (χ4v) is 4.89. The molecule has 0 amide bonds. The molecule has 31 heavy (non-hydrogen) atoms. The summed E-state index contributed by atoms with van der Waals surface area (Å²) in [7, 11) is 0. The highest BCUT2D eigenvalue weighted by molar-refractivity contribution is 5.82. The minimum Gasteiger partial charge on any atom is -0.440 e. The monoisotopic (exact) mass is 418 g/mol. The zero-order valence-electron chi connectivity index (χ0n) is 18.3. The second kappa shape index (κ2) is 7.72. The Hall–Kier alpha value is -2.79. The molecule has 5 heteroatoms. The van der Waals surface area contributed by atoms with Crippen molar-refractivity contribution in [3.05, 3.63) is 69.4 Å². The number of nitrogens with one attached hydrogen (secondary N) is 1. The highest BCUT2D eigenvalue weighted by Crippen LogP contribution is 2.54. The third kappa shape index (κ3) is 3.83. The molecule has 5 rings (SSSR count). The van der Waals surface area contributed by atoms with E-state index in [-0.39, 0.29) is 18.1 Å². The number of para-hydroxylation sites is 1. The summed E-state index contributed by atoms with van der Waals surface area (Å²) < 4.78 is 6.41. The molecule has 2 N–H and O–H groups in total. The van der Waals surface area contributed by atoms with Gasteiger partial charge in [0.15, 0.2) is 11.3 Å². The van der Waals surface area contributed by atoms with Gasteiger partial charge in [-0.1, -0.05) is 24.3 Å². The van der Waals surface area contributed by atoms with Crippen LogP contribution >= 0.6 is 0 Å². The van der Waals surface area contributed by atoms with Crippen molar-refractivity contribution in [3.63, 3.8) is 0 Å². The molecule has 1 aliphatic carbocycles. The molecule has 2 fully saturated rings. The normalized spacial score (nSPS) is 18.4. The van der Waals surface area contributed by atoms with Crippen LogP contribution in [0.25, 0.3) is 11.0 Å². The van der Waals surface area contributed by atoms with Gasteiger partial charge in [0.25, 0.3) is 0 Å². The Morgan fingerprint density at radius 2 is 1.87 bits per heavy atom. The molecular weight excluding hydrogens is 388 g/mol. The fraction of sp³-hybridized carbons (Fsp3) is 0.423. The summed E-state index contributed by atoms with van der Waals surface area (Å²) in [5.41, 5.74) is 4.95. The maximum absolute atomic E-state index is 13.0. The number of hydrogen-bond acceptors (Lipinski definition) is 5. The number of benzene rings is 2. The average Bonchev–Trinajstić information content (AvgIpc) is 3.53. The van der Waals surface area contributed by atoms with Crippen LogP contribution in [0.15, 0.2) is 51.7 Å². The number of hydrogen-bond donors (Lipinski definition) is 2. The Balaban J connectivity index is 1.52. The summed E-state index contributed by atoms with van der Waals surface area (Å²) in [4.78, 5) is 15.3. The molecule has 5 nitrogen and oxygen atoms in total. The number of fused-ring (bicyclic) bond motifs is 1. The Bertz CT molecular complexity index is 1170. The van der Waals surface area contributed by atoms with E-state index in [9.17, 15) is 9.90 Å². The summed E-state index contributed by atoms with van der Waals surface area (Å²) >= 11 is 0. The van der Waals surface area contributed by atoms with Crippen LogP contribution in [0.1, 0.15) is 55.3 Å². The van der Waals surface area contributed by atoms with Gasteiger partial charge in [-0.3, -0.25) is 4.79 Å². The van der Waals surface area contributed by atoms with E-state index in [1.54, 1.807) is 6.07 Å². The zero-order valence-corrected chi connectivity index (χ0v) is 18.3. The molecule has 1 atom stereocenters. The lowest BCUT2D eigenvalue weighted by atomic mass is 9.94. The lowest BCUT2D eigenvalue weighted by Gasteiger charge is -2.32. The van der Waals surface area contributed by atoms with Gasteiger partial charge in [-0.25, -0.2) is 0 Å². The summed E-state index contributed by atoms with van der Waals surface area (Å²) in [6.07, 6.45) is 5.08. The number of aliphatic hydroxyl groups is 1. The standard InChI is InChI=1S/C26H30N2O3/c1-17-13-20(18(2)27-22-6-4-3-5-19(22)16-29)25-21(14-17)23(30)15-24(31-25)28-11-9-26(7-8-26)10-12-28/h3-6,13-15,18,27,29H,7-12,16H2,1-2H3. The van der Waals surface area contributed by atoms with Gasteiger partial charge in [0.05, 0.1) is 18.0 Å². The second-order valence-electron chi connectivity index (χ2n) is 9.35. The van der Waals surface area contributed by atoms with Gasteiger partial charge in [0.1, 0.15) is 5.58 Å². The van der Waals surface area contributed by atoms with Crippen LogP contribution in [0.2, 0.25) is 0 Å². The number of aryl methyl sites for hydroxylation is 1. The van der Waals surface area contributed by atoms with E-state index in [4.69, 9.17) is 4.42 Å². The van der Waals surface area contributed by atoms with Crippen molar-refractivity contribution < 1.29 is 9.52 Å². The predicted octanol–water partition coefficient (Wildman–Crippen LogP) is 5.15. The van der Waals surface area contributed by atoms with E-state index in [0.29, 0.717) is 22.3 Å². The Labute approximate surface area is 182 Å². The van der Waals surface area contributed by atoms with Crippen molar-refractivity contribution in [1.29, 1.82) is 0 Å². The number of piperidine rings is 1. The molecule has 1 aliphatic heterocycles. The minimum atomic E-state index is -0.0930. The van der Waals surface area contributed by atoms with Gasteiger partial charge in [0, 0.05) is 36.0 Å². The van der Waals surface area contributed by atoms with Crippen LogP contribution < -0.4 is 15.6 Å². The topological polar surface area (TPSA) is 65.7 Å². The van der Waals surface area contributed by atoms with Crippen LogP contribution in [-0.2, 0) is 6.61 Å². The Morgan fingerprint density at radius 1 is 1.13 bits per heavy atom. The van der Waals surface area contributed by atoms with E-state index < -0.39 is 0 Å². The smallest absolute Gasteiger partial charge is 0.200 e. The Morgan fingerprint density at radius 3 is 2.58 bits per heavy atom. The highest BCUT2D eigenvalue weighted by Gasteiger charge is 2.44. The van der Waals surface area contributed by atoms with Crippen LogP contribution in [0, 0.1) is 12.3 Å². The third-order valence-corrected chi connectivity index (χ3v) is 7.11. The number of aliphatic hydroxyl groups excluding tert-OH is 1. The second-order valence-corrected chi connectivity index (χ2v) is 9.35. The van der Waals surface area contributed by atoms with Crippen molar-refractivity contribution in [3.8, 4) is 0 Å². The quantitative estimate of drug-likeness (QED) is 0.600. The largest absolute Gasteiger partial charge is 0.440 e. The third-order valence-electron chi connectivity index (χ3n) is 7.11. The first kappa shape index (κ1) is 20.1. The molecule has 0 bridgehead atoms.